The normalized spacial score (nSPS) is 11.7. The molecule has 218 valence electrons. The third-order valence-corrected chi connectivity index (χ3v) is 9.20. The number of aromatic nitrogens is 2. The van der Waals surface area contributed by atoms with Crippen molar-refractivity contribution in [2.24, 2.45) is 0 Å². The van der Waals surface area contributed by atoms with Crippen LogP contribution in [0, 0.1) is 0 Å². The molecule has 7 aromatic carbocycles. The Morgan fingerprint density at radius 3 is 1.30 bits per heavy atom. The number of nitrogen functional groups attached to an aromatic ring is 2. The molecule has 0 aliphatic rings. The molecule has 0 spiro atoms. The van der Waals surface area contributed by atoms with Crippen LogP contribution in [0.15, 0.2) is 158 Å². The first-order chi connectivity index (χ1) is 22.6. The summed E-state index contributed by atoms with van der Waals surface area (Å²) in [6, 6.07) is 55.9. The van der Waals surface area contributed by atoms with Crippen molar-refractivity contribution in [3.8, 4) is 33.6 Å². The molecule has 0 bridgehead atoms. The van der Waals surface area contributed by atoms with Crippen LogP contribution in [-0.4, -0.2) is 9.13 Å². The molecule has 4 heteroatoms. The maximum absolute atomic E-state index is 6.09. The maximum atomic E-state index is 6.09. The fraction of sp³-hybridized carbons (Fsp3) is 0. The van der Waals surface area contributed by atoms with E-state index in [9.17, 15) is 0 Å². The van der Waals surface area contributed by atoms with Crippen LogP contribution in [0.25, 0.3) is 77.2 Å². The number of benzene rings is 7. The highest BCUT2D eigenvalue weighted by Gasteiger charge is 2.17. The van der Waals surface area contributed by atoms with Gasteiger partial charge in [0.2, 0.25) is 0 Å². The van der Waals surface area contributed by atoms with E-state index in [0.717, 1.165) is 39.3 Å². The Kier molecular flexibility index (Phi) is 5.77. The van der Waals surface area contributed by atoms with Crippen LogP contribution in [0.5, 0.6) is 0 Å². The summed E-state index contributed by atoms with van der Waals surface area (Å²) in [4.78, 5) is 0. The van der Waals surface area contributed by atoms with Gasteiger partial charge >= 0.3 is 0 Å². The van der Waals surface area contributed by atoms with E-state index in [1.807, 2.05) is 24.3 Å². The minimum absolute atomic E-state index is 0.753. The van der Waals surface area contributed by atoms with Gasteiger partial charge in [-0.3, -0.25) is 0 Å². The Morgan fingerprint density at radius 1 is 0.304 bits per heavy atom. The van der Waals surface area contributed by atoms with Gasteiger partial charge in [0.1, 0.15) is 0 Å². The first-order valence-electron chi connectivity index (χ1n) is 15.5. The van der Waals surface area contributed by atoms with Gasteiger partial charge in [-0.2, -0.15) is 0 Å². The predicted octanol–water partition coefficient (Wildman–Crippen LogP) is 10.4. The lowest BCUT2D eigenvalue weighted by Crippen LogP contribution is -1.96. The monoisotopic (exact) mass is 590 g/mol. The minimum Gasteiger partial charge on any atom is -0.399 e. The van der Waals surface area contributed by atoms with Crippen LogP contribution in [0.4, 0.5) is 11.4 Å². The number of rotatable bonds is 4. The van der Waals surface area contributed by atoms with Gasteiger partial charge in [-0.05, 0) is 101 Å². The Balaban J connectivity index is 1.26. The molecule has 0 unspecified atom stereocenters. The summed E-state index contributed by atoms with van der Waals surface area (Å²) in [5.41, 5.74) is 25.1. The van der Waals surface area contributed by atoms with Crippen LogP contribution < -0.4 is 11.5 Å². The topological polar surface area (TPSA) is 61.9 Å². The Hall–Kier alpha value is -6.26. The van der Waals surface area contributed by atoms with E-state index < -0.39 is 0 Å². The van der Waals surface area contributed by atoms with E-state index >= 15 is 0 Å². The molecule has 0 radical (unpaired) electrons. The van der Waals surface area contributed by atoms with E-state index in [1.165, 1.54) is 49.3 Å². The molecule has 0 aliphatic heterocycles. The number of nitrogens with two attached hydrogens (primary N) is 2. The van der Waals surface area contributed by atoms with Crippen molar-refractivity contribution < 1.29 is 0 Å². The second kappa shape index (κ2) is 10.1. The van der Waals surface area contributed by atoms with Gasteiger partial charge < -0.3 is 20.6 Å². The molecule has 2 heterocycles. The SMILES string of the molecule is Nc1ccc(-c2ccc(-c3ccc4c(c3)c3cc(-n5c6ccccc6c6ccccc65)ccc3n4-c3ccc(N)cc3)cc2)cc1. The molecular weight excluding hydrogens is 560 g/mol. The maximum Gasteiger partial charge on any atom is 0.0542 e. The Labute approximate surface area is 266 Å². The van der Waals surface area contributed by atoms with Crippen LogP contribution in [-0.2, 0) is 0 Å². The van der Waals surface area contributed by atoms with E-state index in [2.05, 4.69) is 143 Å². The van der Waals surface area contributed by atoms with Gasteiger partial charge in [-0.1, -0.05) is 78.9 Å². The number of hydrogen-bond donors (Lipinski definition) is 2. The zero-order chi connectivity index (χ0) is 30.8. The first kappa shape index (κ1) is 26.2. The van der Waals surface area contributed by atoms with Gasteiger partial charge in [0.15, 0.2) is 0 Å². The molecule has 9 rings (SSSR count). The summed E-state index contributed by atoms with van der Waals surface area (Å²) in [5.74, 6) is 0. The van der Waals surface area contributed by atoms with E-state index in [-0.39, 0.29) is 0 Å². The third kappa shape index (κ3) is 4.08. The fourth-order valence-corrected chi connectivity index (χ4v) is 6.96. The Morgan fingerprint density at radius 2 is 0.696 bits per heavy atom. The molecule has 4 nitrogen and oxygen atoms in total. The van der Waals surface area contributed by atoms with Crippen molar-refractivity contribution in [2.75, 3.05) is 11.5 Å². The predicted molar refractivity (Wildman–Crippen MR) is 195 cm³/mol. The number of hydrogen-bond acceptors (Lipinski definition) is 2. The van der Waals surface area contributed by atoms with Crippen molar-refractivity contribution in [2.45, 2.75) is 0 Å². The van der Waals surface area contributed by atoms with E-state index in [0.29, 0.717) is 0 Å². The molecule has 0 amide bonds. The van der Waals surface area contributed by atoms with Gasteiger partial charge in [0.25, 0.3) is 0 Å². The minimum atomic E-state index is 0.753. The lowest BCUT2D eigenvalue weighted by atomic mass is 9.99. The van der Waals surface area contributed by atoms with Crippen LogP contribution in [0.3, 0.4) is 0 Å². The quantitative estimate of drug-likeness (QED) is 0.200. The van der Waals surface area contributed by atoms with Gasteiger partial charge in [-0.15, -0.1) is 0 Å². The fourth-order valence-electron chi connectivity index (χ4n) is 6.96. The molecule has 0 atom stereocenters. The van der Waals surface area contributed by atoms with Crippen molar-refractivity contribution in [3.05, 3.63) is 158 Å². The van der Waals surface area contributed by atoms with E-state index in [1.54, 1.807) is 0 Å². The van der Waals surface area contributed by atoms with Crippen molar-refractivity contribution in [3.63, 3.8) is 0 Å². The summed E-state index contributed by atoms with van der Waals surface area (Å²) in [5, 5.41) is 4.92. The summed E-state index contributed by atoms with van der Waals surface area (Å²) < 4.78 is 4.73. The van der Waals surface area contributed by atoms with Gasteiger partial charge in [0, 0.05) is 44.3 Å². The zero-order valence-electron chi connectivity index (χ0n) is 25.1. The summed E-state index contributed by atoms with van der Waals surface area (Å²) in [6.07, 6.45) is 0. The smallest absolute Gasteiger partial charge is 0.0542 e. The van der Waals surface area contributed by atoms with Gasteiger partial charge in [0.05, 0.1) is 22.1 Å². The average Bonchev–Trinajstić information content (AvgIpc) is 3.61. The molecule has 0 saturated heterocycles. The molecule has 9 aromatic rings. The average molecular weight is 591 g/mol. The molecule has 46 heavy (non-hydrogen) atoms. The summed E-state index contributed by atoms with van der Waals surface area (Å²) in [7, 11) is 0. The molecular formula is C42H30N4. The number of anilines is 2. The van der Waals surface area contributed by atoms with E-state index in [4.69, 9.17) is 11.5 Å². The molecule has 0 saturated carbocycles. The highest BCUT2D eigenvalue weighted by atomic mass is 15.0. The van der Waals surface area contributed by atoms with Crippen LogP contribution in [0.2, 0.25) is 0 Å². The largest absolute Gasteiger partial charge is 0.399 e. The highest BCUT2D eigenvalue weighted by molar-refractivity contribution is 6.13. The van der Waals surface area contributed by atoms with Crippen molar-refractivity contribution >= 4 is 55.0 Å². The van der Waals surface area contributed by atoms with Crippen LogP contribution >= 0.6 is 0 Å². The third-order valence-electron chi connectivity index (χ3n) is 9.20. The summed E-state index contributed by atoms with van der Waals surface area (Å²) in [6.45, 7) is 0. The highest BCUT2D eigenvalue weighted by Crippen LogP contribution is 2.38. The molecule has 2 aromatic heterocycles. The second-order valence-electron chi connectivity index (χ2n) is 11.9. The van der Waals surface area contributed by atoms with Crippen LogP contribution in [0.1, 0.15) is 0 Å². The lowest BCUT2D eigenvalue weighted by molar-refractivity contribution is 1.17. The standard InChI is InChI=1S/C42H30N4/c43-31-16-13-28(14-17-31)27-9-11-29(12-10-27)30-15-23-41-37(25-30)38-26-34(22-24-42(38)45(41)33-20-18-32(44)19-21-33)46-39-7-3-1-5-35(39)36-6-2-4-8-40(36)46/h1-26H,43-44H2. The Bertz CT molecular complexity index is 2520. The van der Waals surface area contributed by atoms with Crippen molar-refractivity contribution in [1.82, 2.24) is 9.13 Å². The van der Waals surface area contributed by atoms with Crippen molar-refractivity contribution in [1.29, 1.82) is 0 Å². The second-order valence-corrected chi connectivity index (χ2v) is 11.9. The zero-order valence-corrected chi connectivity index (χ0v) is 25.1. The molecule has 0 aliphatic carbocycles. The number of para-hydroxylation sites is 2. The lowest BCUT2D eigenvalue weighted by Gasteiger charge is -2.10. The molecule has 4 N–H and O–H groups in total. The summed E-state index contributed by atoms with van der Waals surface area (Å²) >= 11 is 0. The number of nitrogens with zero attached hydrogens (tertiary/aromatic N) is 2. The van der Waals surface area contributed by atoms with Gasteiger partial charge in [-0.25, -0.2) is 0 Å². The number of fused-ring (bicyclic) bond motifs is 6. The molecule has 0 fully saturated rings. The first-order valence-corrected chi connectivity index (χ1v) is 15.5.